The summed E-state index contributed by atoms with van der Waals surface area (Å²) < 4.78 is 29.5. The number of benzene rings is 2. The molecule has 0 spiro atoms. The Labute approximate surface area is 204 Å². The summed E-state index contributed by atoms with van der Waals surface area (Å²) in [5, 5.41) is 11.5. The topological polar surface area (TPSA) is 97.2 Å². The van der Waals surface area contributed by atoms with Gasteiger partial charge in [-0.1, -0.05) is 54.6 Å². The van der Waals surface area contributed by atoms with Crippen LogP contribution in [0.15, 0.2) is 64.6 Å². The van der Waals surface area contributed by atoms with Crippen molar-refractivity contribution in [3.05, 3.63) is 66.0 Å². The lowest BCUT2D eigenvalue weighted by atomic mass is 10.2. The average molecular weight is 500 g/mol. The molecule has 4 rings (SSSR count). The Morgan fingerprint density at radius 3 is 2.53 bits per heavy atom. The zero-order valence-corrected chi connectivity index (χ0v) is 21.0. The van der Waals surface area contributed by atoms with Crippen molar-refractivity contribution in [2.75, 3.05) is 18.4 Å². The van der Waals surface area contributed by atoms with Crippen molar-refractivity contribution in [1.29, 1.82) is 0 Å². The Morgan fingerprint density at radius 2 is 1.79 bits per heavy atom. The van der Waals surface area contributed by atoms with Crippen molar-refractivity contribution in [1.82, 2.24) is 19.1 Å². The van der Waals surface area contributed by atoms with Crippen LogP contribution in [-0.4, -0.2) is 51.7 Å². The minimum absolute atomic E-state index is 0.200. The first-order chi connectivity index (χ1) is 16.3. The Kier molecular flexibility index (Phi) is 7.70. The van der Waals surface area contributed by atoms with Crippen LogP contribution in [0.5, 0.6) is 0 Å². The molecule has 2 aromatic carbocycles. The van der Waals surface area contributed by atoms with Crippen molar-refractivity contribution in [3.8, 4) is 0 Å². The molecule has 3 aromatic rings. The first-order valence-electron chi connectivity index (χ1n) is 11.4. The van der Waals surface area contributed by atoms with Crippen molar-refractivity contribution in [2.24, 2.45) is 0 Å². The molecule has 1 amide bonds. The van der Waals surface area contributed by atoms with E-state index in [4.69, 9.17) is 0 Å². The third kappa shape index (κ3) is 5.68. The van der Waals surface area contributed by atoms with E-state index in [0.717, 1.165) is 30.7 Å². The third-order valence-corrected chi connectivity index (χ3v) is 8.77. The van der Waals surface area contributed by atoms with E-state index in [0.29, 0.717) is 30.5 Å². The van der Waals surface area contributed by atoms with Crippen LogP contribution < -0.4 is 5.32 Å². The lowest BCUT2D eigenvalue weighted by Crippen LogP contribution is -2.35. The normalized spacial score (nSPS) is 15.7. The number of thioether (sulfide) groups is 1. The van der Waals surface area contributed by atoms with Gasteiger partial charge in [0.05, 0.1) is 16.7 Å². The monoisotopic (exact) mass is 499 g/mol. The van der Waals surface area contributed by atoms with Crippen LogP contribution in [0, 0.1) is 6.92 Å². The van der Waals surface area contributed by atoms with Gasteiger partial charge in [-0.15, -0.1) is 10.2 Å². The van der Waals surface area contributed by atoms with Crippen LogP contribution in [0.3, 0.4) is 0 Å². The first-order valence-corrected chi connectivity index (χ1v) is 13.7. The molecule has 2 heterocycles. The smallest absolute Gasteiger partial charge is 0.243 e. The molecule has 1 aliphatic heterocycles. The van der Waals surface area contributed by atoms with Crippen molar-refractivity contribution < 1.29 is 13.2 Å². The molecule has 34 heavy (non-hydrogen) atoms. The number of carbonyl (C=O) groups is 1. The Hall–Kier alpha value is -2.69. The summed E-state index contributed by atoms with van der Waals surface area (Å²) in [7, 11) is -3.57. The Bertz CT molecular complexity index is 1240. The molecule has 10 heteroatoms. The van der Waals surface area contributed by atoms with Crippen LogP contribution in [-0.2, 0) is 21.4 Å². The van der Waals surface area contributed by atoms with Crippen LogP contribution in [0.2, 0.25) is 0 Å². The Morgan fingerprint density at radius 1 is 1.06 bits per heavy atom. The van der Waals surface area contributed by atoms with Gasteiger partial charge < -0.3 is 9.88 Å². The van der Waals surface area contributed by atoms with Crippen LogP contribution >= 0.6 is 11.8 Å². The highest BCUT2D eigenvalue weighted by molar-refractivity contribution is 8.00. The molecule has 0 saturated carbocycles. The van der Waals surface area contributed by atoms with Crippen molar-refractivity contribution in [3.63, 3.8) is 0 Å². The zero-order valence-electron chi connectivity index (χ0n) is 19.3. The summed E-state index contributed by atoms with van der Waals surface area (Å²) >= 11 is 1.32. The van der Waals surface area contributed by atoms with Gasteiger partial charge in [0, 0.05) is 18.8 Å². The number of anilines is 1. The molecule has 1 aliphatic rings. The minimum atomic E-state index is -3.57. The Balaban J connectivity index is 1.43. The maximum Gasteiger partial charge on any atom is 0.243 e. The number of amides is 1. The van der Waals surface area contributed by atoms with E-state index < -0.39 is 15.3 Å². The van der Waals surface area contributed by atoms with Gasteiger partial charge in [0.15, 0.2) is 5.16 Å². The maximum absolute atomic E-state index is 13.0. The highest BCUT2D eigenvalue weighted by Crippen LogP contribution is 2.26. The standard InChI is InChI=1S/C24H29N5O3S2/c1-18(33-24-27-26-19(2)29(24)17-20-10-5-3-6-11-20)23(30)25-21-12-9-13-22(16-21)34(31,32)28-14-7-4-8-15-28/h3,5-6,9-13,16,18H,4,7-8,14-15,17H2,1-2H3,(H,25,30). The molecule has 8 nitrogen and oxygen atoms in total. The number of nitrogens with one attached hydrogen (secondary N) is 1. The number of aryl methyl sites for hydroxylation is 1. The summed E-state index contributed by atoms with van der Waals surface area (Å²) in [6.45, 7) is 5.38. The van der Waals surface area contributed by atoms with E-state index in [1.807, 2.05) is 41.8 Å². The first kappa shape index (κ1) is 24.4. The number of nitrogens with zero attached hydrogens (tertiary/aromatic N) is 4. The second-order valence-electron chi connectivity index (χ2n) is 8.34. The summed E-state index contributed by atoms with van der Waals surface area (Å²) in [5.74, 6) is 0.541. The fourth-order valence-electron chi connectivity index (χ4n) is 3.84. The quantitative estimate of drug-likeness (QED) is 0.472. The van der Waals surface area contributed by atoms with Crippen LogP contribution in [0.4, 0.5) is 5.69 Å². The van der Waals surface area contributed by atoms with Gasteiger partial charge in [-0.05, 0) is 50.5 Å². The average Bonchev–Trinajstić information content (AvgIpc) is 3.19. The molecule has 1 N–H and O–H groups in total. The SMILES string of the molecule is Cc1nnc(SC(C)C(=O)Nc2cccc(S(=O)(=O)N3CCCCC3)c2)n1Cc1ccccc1. The van der Waals surface area contributed by atoms with E-state index >= 15 is 0 Å². The van der Waals surface area contributed by atoms with Gasteiger partial charge >= 0.3 is 0 Å². The molecule has 180 valence electrons. The number of piperidine rings is 1. The van der Waals surface area contributed by atoms with E-state index in [2.05, 4.69) is 15.5 Å². The molecule has 1 atom stereocenters. The second-order valence-corrected chi connectivity index (χ2v) is 11.6. The van der Waals surface area contributed by atoms with Crippen LogP contribution in [0.25, 0.3) is 0 Å². The lowest BCUT2D eigenvalue weighted by Gasteiger charge is -2.26. The molecule has 1 fully saturated rings. The van der Waals surface area contributed by atoms with E-state index in [1.165, 1.54) is 22.1 Å². The predicted molar refractivity (Wildman–Crippen MR) is 133 cm³/mol. The van der Waals surface area contributed by atoms with E-state index in [-0.39, 0.29) is 10.8 Å². The molecule has 1 aromatic heterocycles. The summed E-state index contributed by atoms with van der Waals surface area (Å²) in [6, 6.07) is 16.5. The van der Waals surface area contributed by atoms with Gasteiger partial charge in [-0.2, -0.15) is 4.31 Å². The van der Waals surface area contributed by atoms with Crippen LogP contribution in [0.1, 0.15) is 37.6 Å². The molecule has 1 saturated heterocycles. The third-order valence-electron chi connectivity index (χ3n) is 5.79. The minimum Gasteiger partial charge on any atom is -0.325 e. The number of aromatic nitrogens is 3. The van der Waals surface area contributed by atoms with Gasteiger partial charge in [0.2, 0.25) is 15.9 Å². The second kappa shape index (κ2) is 10.7. The van der Waals surface area contributed by atoms with Gasteiger partial charge in [0.1, 0.15) is 5.82 Å². The molecular weight excluding hydrogens is 470 g/mol. The maximum atomic E-state index is 13.0. The molecule has 0 radical (unpaired) electrons. The van der Waals surface area contributed by atoms with Gasteiger partial charge in [0.25, 0.3) is 0 Å². The van der Waals surface area contributed by atoms with Gasteiger partial charge in [-0.25, -0.2) is 8.42 Å². The molecule has 1 unspecified atom stereocenters. The number of hydrogen-bond donors (Lipinski definition) is 1. The summed E-state index contributed by atoms with van der Waals surface area (Å²) in [6.07, 6.45) is 2.80. The highest BCUT2D eigenvalue weighted by atomic mass is 32.2. The predicted octanol–water partition coefficient (Wildman–Crippen LogP) is 3.93. The summed E-state index contributed by atoms with van der Waals surface area (Å²) in [5.41, 5.74) is 1.58. The fourth-order valence-corrected chi connectivity index (χ4v) is 6.30. The lowest BCUT2D eigenvalue weighted by molar-refractivity contribution is -0.115. The van der Waals surface area contributed by atoms with E-state index in [1.54, 1.807) is 25.1 Å². The largest absolute Gasteiger partial charge is 0.325 e. The fraction of sp³-hybridized carbons (Fsp3) is 0.375. The molecule has 0 bridgehead atoms. The number of rotatable bonds is 8. The number of hydrogen-bond acceptors (Lipinski definition) is 6. The van der Waals surface area contributed by atoms with Gasteiger partial charge in [-0.3, -0.25) is 4.79 Å². The van der Waals surface area contributed by atoms with Crippen molar-refractivity contribution >= 4 is 33.4 Å². The van der Waals surface area contributed by atoms with Crippen molar-refractivity contribution in [2.45, 2.75) is 55.0 Å². The number of sulfonamides is 1. The number of carbonyl (C=O) groups excluding carboxylic acids is 1. The molecular formula is C24H29N5O3S2. The zero-order chi connectivity index (χ0) is 24.1. The molecule has 0 aliphatic carbocycles. The van der Waals surface area contributed by atoms with E-state index in [9.17, 15) is 13.2 Å². The highest BCUT2D eigenvalue weighted by Gasteiger charge is 2.26. The summed E-state index contributed by atoms with van der Waals surface area (Å²) in [4.78, 5) is 13.1.